The molecule has 3 N–H and O–H groups in total. The summed E-state index contributed by atoms with van der Waals surface area (Å²) in [4.78, 5) is 16.9. The number of benzene rings is 2. The molecular weight excluding hydrogens is 475 g/mol. The maximum Gasteiger partial charge on any atom is 0.405 e. The van der Waals surface area contributed by atoms with Gasteiger partial charge in [-0.3, -0.25) is 9.89 Å². The molecule has 4 aromatic rings. The first-order chi connectivity index (χ1) is 17.1. The third kappa shape index (κ3) is 5.11. The van der Waals surface area contributed by atoms with Crippen LogP contribution in [0.1, 0.15) is 42.6 Å². The largest absolute Gasteiger partial charge is 0.496 e. The third-order valence-corrected chi connectivity index (χ3v) is 5.61. The summed E-state index contributed by atoms with van der Waals surface area (Å²) in [7, 11) is 1.34. The lowest BCUT2D eigenvalue weighted by atomic mass is 9.97. The van der Waals surface area contributed by atoms with E-state index in [9.17, 15) is 18.0 Å². The van der Waals surface area contributed by atoms with Crippen molar-refractivity contribution in [2.24, 2.45) is 0 Å². The SMILES string of the molecule is CCn1nc(-c2ccc(C(=O)NCC(F)(F)F)c(OC)c2)nc1Nc1ccc2[nH]ncc2c1C(C)C. The number of nitrogens with zero attached hydrogens (tertiary/aromatic N) is 4. The van der Waals surface area contributed by atoms with Gasteiger partial charge in [-0.15, -0.1) is 5.10 Å². The molecular formula is C24H26F3N7O2. The number of hydrogen-bond donors (Lipinski definition) is 3. The summed E-state index contributed by atoms with van der Waals surface area (Å²) in [6.07, 6.45) is -2.72. The first-order valence-corrected chi connectivity index (χ1v) is 11.3. The zero-order chi connectivity index (χ0) is 26.0. The second-order valence-electron chi connectivity index (χ2n) is 8.43. The second kappa shape index (κ2) is 9.88. The van der Waals surface area contributed by atoms with E-state index in [0.29, 0.717) is 23.9 Å². The van der Waals surface area contributed by atoms with E-state index in [2.05, 4.69) is 39.4 Å². The summed E-state index contributed by atoms with van der Waals surface area (Å²) in [5.74, 6) is 0.327. The number of aromatic amines is 1. The molecule has 0 aliphatic heterocycles. The lowest BCUT2D eigenvalue weighted by Crippen LogP contribution is -2.33. The van der Waals surface area contributed by atoms with Crippen LogP contribution in [-0.4, -0.2) is 50.7 Å². The Balaban J connectivity index is 1.65. The number of alkyl halides is 3. The molecule has 0 atom stereocenters. The highest BCUT2D eigenvalue weighted by Crippen LogP contribution is 2.34. The maximum absolute atomic E-state index is 12.5. The highest BCUT2D eigenvalue weighted by molar-refractivity contribution is 5.97. The van der Waals surface area contributed by atoms with Crippen molar-refractivity contribution in [3.8, 4) is 17.1 Å². The Morgan fingerprint density at radius 2 is 2.00 bits per heavy atom. The zero-order valence-electron chi connectivity index (χ0n) is 20.2. The van der Waals surface area contributed by atoms with Crippen molar-refractivity contribution in [1.29, 1.82) is 0 Å². The number of aryl methyl sites for hydroxylation is 1. The Kier molecular flexibility index (Phi) is 6.86. The number of hydrogen-bond acceptors (Lipinski definition) is 6. The Bertz CT molecular complexity index is 1390. The van der Waals surface area contributed by atoms with Crippen LogP contribution in [0.25, 0.3) is 22.3 Å². The summed E-state index contributed by atoms with van der Waals surface area (Å²) in [6, 6.07) is 8.39. The summed E-state index contributed by atoms with van der Waals surface area (Å²) in [5.41, 5.74) is 3.43. The Morgan fingerprint density at radius 1 is 1.22 bits per heavy atom. The fraction of sp³-hybridized carbons (Fsp3) is 0.333. The molecule has 0 fully saturated rings. The van der Waals surface area contributed by atoms with E-state index < -0.39 is 18.6 Å². The second-order valence-corrected chi connectivity index (χ2v) is 8.43. The number of amides is 1. The molecule has 0 unspecified atom stereocenters. The van der Waals surface area contributed by atoms with Crippen LogP contribution in [0.15, 0.2) is 36.5 Å². The summed E-state index contributed by atoms with van der Waals surface area (Å²) >= 11 is 0. The molecule has 0 spiro atoms. The minimum absolute atomic E-state index is 0.0197. The van der Waals surface area contributed by atoms with E-state index in [-0.39, 0.29) is 17.2 Å². The van der Waals surface area contributed by atoms with Crippen LogP contribution in [-0.2, 0) is 6.54 Å². The minimum atomic E-state index is -4.51. The predicted molar refractivity (Wildman–Crippen MR) is 130 cm³/mol. The average molecular weight is 502 g/mol. The number of nitrogens with one attached hydrogen (secondary N) is 3. The van der Waals surface area contributed by atoms with Gasteiger partial charge in [0.05, 0.1) is 24.4 Å². The predicted octanol–water partition coefficient (Wildman–Crippen LogP) is 5.01. The van der Waals surface area contributed by atoms with Crippen molar-refractivity contribution >= 4 is 28.4 Å². The standard InChI is InChI=1S/C24H26F3N7O2/c1-5-34-23(30-18-9-8-17-16(11-29-32-17)20(18)13(2)3)31-21(33-34)14-6-7-15(19(10-14)36-4)22(35)28-12-24(25,26)27/h6-11,13H,5,12H2,1-4H3,(H,28,35)(H,29,32)(H,30,31,33). The van der Waals surface area contributed by atoms with E-state index in [1.165, 1.54) is 19.2 Å². The average Bonchev–Trinajstić information content (AvgIpc) is 3.48. The van der Waals surface area contributed by atoms with Gasteiger partial charge in [-0.25, -0.2) is 4.68 Å². The van der Waals surface area contributed by atoms with Crippen LogP contribution < -0.4 is 15.4 Å². The van der Waals surface area contributed by atoms with Crippen molar-refractivity contribution in [2.75, 3.05) is 19.0 Å². The quantitative estimate of drug-likeness (QED) is 0.313. The number of carbonyl (C=O) groups excluding carboxylic acids is 1. The van der Waals surface area contributed by atoms with Crippen molar-refractivity contribution in [3.63, 3.8) is 0 Å². The van der Waals surface area contributed by atoms with Gasteiger partial charge in [-0.1, -0.05) is 19.9 Å². The topological polar surface area (TPSA) is 110 Å². The molecule has 0 saturated carbocycles. The van der Waals surface area contributed by atoms with Gasteiger partial charge in [0.15, 0.2) is 5.82 Å². The van der Waals surface area contributed by atoms with Gasteiger partial charge < -0.3 is 15.4 Å². The van der Waals surface area contributed by atoms with Gasteiger partial charge in [-0.05, 0) is 42.7 Å². The number of H-pyrrole nitrogens is 1. The number of halogens is 3. The van der Waals surface area contributed by atoms with Crippen molar-refractivity contribution in [3.05, 3.63) is 47.7 Å². The van der Waals surface area contributed by atoms with Gasteiger partial charge in [0.25, 0.3) is 5.91 Å². The van der Waals surface area contributed by atoms with Crippen molar-refractivity contribution in [1.82, 2.24) is 30.3 Å². The smallest absolute Gasteiger partial charge is 0.405 e. The molecule has 12 heteroatoms. The molecule has 36 heavy (non-hydrogen) atoms. The third-order valence-electron chi connectivity index (χ3n) is 5.61. The van der Waals surface area contributed by atoms with Gasteiger partial charge in [-0.2, -0.15) is 23.3 Å². The monoisotopic (exact) mass is 501 g/mol. The van der Waals surface area contributed by atoms with Crippen LogP contribution in [0.4, 0.5) is 24.8 Å². The van der Waals surface area contributed by atoms with E-state index in [0.717, 1.165) is 22.2 Å². The van der Waals surface area contributed by atoms with Crippen LogP contribution in [0.3, 0.4) is 0 Å². The lowest BCUT2D eigenvalue weighted by molar-refractivity contribution is -0.123. The summed E-state index contributed by atoms with van der Waals surface area (Å²) in [6.45, 7) is 5.23. The maximum atomic E-state index is 12.5. The number of carbonyl (C=O) groups is 1. The molecule has 0 saturated heterocycles. The number of anilines is 2. The van der Waals surface area contributed by atoms with E-state index in [1.807, 2.05) is 24.4 Å². The number of methoxy groups -OCH3 is 1. The molecule has 0 aliphatic carbocycles. The molecule has 0 radical (unpaired) electrons. The van der Waals surface area contributed by atoms with E-state index >= 15 is 0 Å². The van der Waals surface area contributed by atoms with Crippen LogP contribution >= 0.6 is 0 Å². The number of aromatic nitrogens is 5. The molecule has 9 nitrogen and oxygen atoms in total. The van der Waals surface area contributed by atoms with Gasteiger partial charge in [0.2, 0.25) is 5.95 Å². The molecule has 190 valence electrons. The lowest BCUT2D eigenvalue weighted by Gasteiger charge is -2.15. The van der Waals surface area contributed by atoms with E-state index in [1.54, 1.807) is 16.9 Å². The van der Waals surface area contributed by atoms with Crippen molar-refractivity contribution < 1.29 is 22.7 Å². The molecule has 2 aromatic carbocycles. The number of rotatable bonds is 8. The minimum Gasteiger partial charge on any atom is -0.496 e. The first kappa shape index (κ1) is 25.0. The fourth-order valence-electron chi connectivity index (χ4n) is 3.96. The highest BCUT2D eigenvalue weighted by Gasteiger charge is 2.28. The van der Waals surface area contributed by atoms with Crippen LogP contribution in [0, 0.1) is 0 Å². The van der Waals surface area contributed by atoms with Crippen LogP contribution in [0.2, 0.25) is 0 Å². The van der Waals surface area contributed by atoms with Crippen LogP contribution in [0.5, 0.6) is 5.75 Å². The zero-order valence-corrected chi connectivity index (χ0v) is 20.2. The number of fused-ring (bicyclic) bond motifs is 1. The Labute approximate surface area is 205 Å². The molecule has 2 heterocycles. The van der Waals surface area contributed by atoms with Gasteiger partial charge in [0.1, 0.15) is 12.3 Å². The van der Waals surface area contributed by atoms with Gasteiger partial charge in [0, 0.05) is 23.2 Å². The normalized spacial score (nSPS) is 11.8. The van der Waals surface area contributed by atoms with Gasteiger partial charge >= 0.3 is 6.18 Å². The number of ether oxygens (including phenoxy) is 1. The Hall–Kier alpha value is -4.09. The Morgan fingerprint density at radius 3 is 2.67 bits per heavy atom. The highest BCUT2D eigenvalue weighted by atomic mass is 19.4. The molecule has 4 rings (SSSR count). The summed E-state index contributed by atoms with van der Waals surface area (Å²) in [5, 5.41) is 17.9. The molecule has 0 bridgehead atoms. The van der Waals surface area contributed by atoms with E-state index in [4.69, 9.17) is 4.74 Å². The molecule has 0 aliphatic rings. The first-order valence-electron chi connectivity index (χ1n) is 11.3. The molecule has 2 aromatic heterocycles. The fourth-order valence-corrected chi connectivity index (χ4v) is 3.96. The van der Waals surface area contributed by atoms with Crippen molar-refractivity contribution in [2.45, 2.75) is 39.4 Å². The molecule has 1 amide bonds. The summed E-state index contributed by atoms with van der Waals surface area (Å²) < 4.78 is 44.4.